The van der Waals surface area contributed by atoms with Gasteiger partial charge >= 0.3 is 0 Å². The number of para-hydroxylation sites is 4. The van der Waals surface area contributed by atoms with Crippen LogP contribution in [0.1, 0.15) is 13.8 Å². The van der Waals surface area contributed by atoms with Crippen molar-refractivity contribution in [1.29, 1.82) is 0 Å². The zero-order valence-corrected chi connectivity index (χ0v) is 18.1. The number of hydrogen-bond donors (Lipinski definition) is 2. The second kappa shape index (κ2) is 8.81. The molecule has 0 spiro atoms. The Morgan fingerprint density at radius 1 is 1.16 bits per heavy atom. The van der Waals surface area contributed by atoms with Crippen LogP contribution >= 0.6 is 11.8 Å². The van der Waals surface area contributed by atoms with Gasteiger partial charge in [0.25, 0.3) is 0 Å². The number of carbonyl (C=O) groups is 3. The number of nitrogens with one attached hydrogen (secondary N) is 2. The van der Waals surface area contributed by atoms with Gasteiger partial charge in [0.15, 0.2) is 5.16 Å². The van der Waals surface area contributed by atoms with Crippen LogP contribution in [0.5, 0.6) is 0 Å². The molecule has 9 heteroatoms. The second-order valence-electron chi connectivity index (χ2n) is 7.53. The summed E-state index contributed by atoms with van der Waals surface area (Å²) in [5.74, 6) is -0.448. The lowest BCUT2D eigenvalue weighted by molar-refractivity contribution is -0.122. The smallest absolute Gasteiger partial charge is 0.244 e. The third kappa shape index (κ3) is 4.56. The van der Waals surface area contributed by atoms with Crippen LogP contribution in [0.2, 0.25) is 0 Å². The van der Waals surface area contributed by atoms with E-state index in [0.717, 1.165) is 11.0 Å². The van der Waals surface area contributed by atoms with Gasteiger partial charge in [0, 0.05) is 6.04 Å². The summed E-state index contributed by atoms with van der Waals surface area (Å²) in [6.07, 6.45) is 0. The highest BCUT2D eigenvalue weighted by atomic mass is 32.2. The molecule has 31 heavy (non-hydrogen) atoms. The average Bonchev–Trinajstić information content (AvgIpc) is 3.08. The Morgan fingerprint density at radius 3 is 2.71 bits per heavy atom. The number of benzene rings is 2. The molecule has 1 aliphatic heterocycles. The molecular weight excluding hydrogens is 414 g/mol. The van der Waals surface area contributed by atoms with E-state index in [1.807, 2.05) is 60.9 Å². The molecule has 4 rings (SSSR count). The van der Waals surface area contributed by atoms with Crippen LogP contribution in [0.3, 0.4) is 0 Å². The molecular formula is C22H23N5O3S. The first kappa shape index (κ1) is 20.9. The van der Waals surface area contributed by atoms with E-state index in [4.69, 9.17) is 0 Å². The lowest BCUT2D eigenvalue weighted by Gasteiger charge is -2.29. The minimum atomic E-state index is -0.227. The molecule has 3 amide bonds. The molecule has 2 heterocycles. The summed E-state index contributed by atoms with van der Waals surface area (Å²) in [6, 6.07) is 14.8. The molecule has 8 nitrogen and oxygen atoms in total. The maximum absolute atomic E-state index is 13.0. The lowest BCUT2D eigenvalue weighted by atomic mass is 10.2. The highest BCUT2D eigenvalue weighted by Crippen LogP contribution is 2.30. The molecule has 3 aromatic rings. The van der Waals surface area contributed by atoms with Crippen LogP contribution in [0.25, 0.3) is 11.0 Å². The summed E-state index contributed by atoms with van der Waals surface area (Å²) in [5, 5.41) is 6.26. The summed E-state index contributed by atoms with van der Waals surface area (Å²) in [6.45, 7) is 3.91. The highest BCUT2D eigenvalue weighted by molar-refractivity contribution is 7.99. The molecule has 2 aromatic carbocycles. The van der Waals surface area contributed by atoms with E-state index in [2.05, 4.69) is 15.6 Å². The number of fused-ring (bicyclic) bond motifs is 2. The van der Waals surface area contributed by atoms with Crippen molar-refractivity contribution in [1.82, 2.24) is 14.9 Å². The van der Waals surface area contributed by atoms with Crippen LogP contribution in [0.4, 0.5) is 11.4 Å². The number of carbonyl (C=O) groups excluding carboxylic acids is 3. The Bertz CT molecular complexity index is 1160. The molecule has 0 fully saturated rings. The van der Waals surface area contributed by atoms with Gasteiger partial charge in [-0.3, -0.25) is 14.4 Å². The SMILES string of the molecule is CC(C)NC(=O)Cn1c(SCC(=O)N2CC(=O)Nc3ccccc32)nc2ccccc21. The molecule has 0 saturated carbocycles. The van der Waals surface area contributed by atoms with Crippen molar-refractivity contribution in [3.63, 3.8) is 0 Å². The maximum atomic E-state index is 13.0. The topological polar surface area (TPSA) is 96.3 Å². The zero-order chi connectivity index (χ0) is 22.0. The Balaban J connectivity index is 1.55. The molecule has 0 bridgehead atoms. The first-order valence-electron chi connectivity index (χ1n) is 9.99. The van der Waals surface area contributed by atoms with E-state index >= 15 is 0 Å². The van der Waals surface area contributed by atoms with Crippen LogP contribution in [0, 0.1) is 0 Å². The molecule has 1 aromatic heterocycles. The van der Waals surface area contributed by atoms with Crippen LogP contribution in [-0.4, -0.2) is 45.6 Å². The van der Waals surface area contributed by atoms with Gasteiger partial charge in [-0.15, -0.1) is 0 Å². The number of anilines is 2. The first-order valence-corrected chi connectivity index (χ1v) is 11.0. The number of thioether (sulfide) groups is 1. The third-order valence-electron chi connectivity index (χ3n) is 4.77. The van der Waals surface area contributed by atoms with Crippen molar-refractivity contribution < 1.29 is 14.4 Å². The van der Waals surface area contributed by atoms with E-state index in [1.54, 1.807) is 6.07 Å². The minimum Gasteiger partial charge on any atom is -0.352 e. The fourth-order valence-corrected chi connectivity index (χ4v) is 4.38. The van der Waals surface area contributed by atoms with Crippen molar-refractivity contribution in [2.45, 2.75) is 31.6 Å². The molecule has 2 N–H and O–H groups in total. The molecule has 1 aliphatic rings. The van der Waals surface area contributed by atoms with Gasteiger partial charge in [0.1, 0.15) is 13.1 Å². The Morgan fingerprint density at radius 2 is 1.90 bits per heavy atom. The zero-order valence-electron chi connectivity index (χ0n) is 17.3. The summed E-state index contributed by atoms with van der Waals surface area (Å²) >= 11 is 1.26. The van der Waals surface area contributed by atoms with Crippen LogP contribution < -0.4 is 15.5 Å². The third-order valence-corrected chi connectivity index (χ3v) is 5.73. The molecule has 0 atom stereocenters. The monoisotopic (exact) mass is 437 g/mol. The molecule has 0 aliphatic carbocycles. The fraction of sp³-hybridized carbons (Fsp3) is 0.273. The number of imidazole rings is 1. The summed E-state index contributed by atoms with van der Waals surface area (Å²) in [5.41, 5.74) is 2.89. The number of aromatic nitrogens is 2. The van der Waals surface area contributed by atoms with Crippen LogP contribution in [0.15, 0.2) is 53.7 Å². The van der Waals surface area contributed by atoms with Crippen molar-refractivity contribution >= 4 is 51.9 Å². The molecule has 160 valence electrons. The van der Waals surface area contributed by atoms with Crippen molar-refractivity contribution in [2.24, 2.45) is 0 Å². The summed E-state index contributed by atoms with van der Waals surface area (Å²) in [4.78, 5) is 43.5. The Hall–Kier alpha value is -3.33. The minimum absolute atomic E-state index is 0.0242. The van der Waals surface area contributed by atoms with E-state index in [-0.39, 0.29) is 42.6 Å². The average molecular weight is 438 g/mol. The van der Waals surface area contributed by atoms with E-state index in [1.165, 1.54) is 16.7 Å². The van der Waals surface area contributed by atoms with E-state index in [9.17, 15) is 14.4 Å². The Labute approximate surface area is 184 Å². The van der Waals surface area contributed by atoms with Gasteiger partial charge in [-0.25, -0.2) is 4.98 Å². The van der Waals surface area contributed by atoms with E-state index in [0.29, 0.717) is 16.5 Å². The second-order valence-corrected chi connectivity index (χ2v) is 8.47. The molecule has 0 saturated heterocycles. The number of rotatable bonds is 6. The fourth-order valence-electron chi connectivity index (χ4n) is 3.49. The van der Waals surface area contributed by atoms with Crippen molar-refractivity contribution in [3.8, 4) is 0 Å². The van der Waals surface area contributed by atoms with E-state index < -0.39 is 0 Å². The predicted molar refractivity (Wildman–Crippen MR) is 121 cm³/mol. The number of amides is 3. The van der Waals surface area contributed by atoms with Gasteiger partial charge in [0.05, 0.1) is 28.2 Å². The first-order chi connectivity index (χ1) is 14.9. The molecule has 0 radical (unpaired) electrons. The largest absolute Gasteiger partial charge is 0.352 e. The van der Waals surface area contributed by atoms with Crippen LogP contribution in [-0.2, 0) is 20.9 Å². The van der Waals surface area contributed by atoms with Gasteiger partial charge in [-0.1, -0.05) is 36.0 Å². The number of hydrogen-bond acceptors (Lipinski definition) is 5. The molecule has 0 unspecified atom stereocenters. The van der Waals surface area contributed by atoms with Gasteiger partial charge < -0.3 is 20.1 Å². The van der Waals surface area contributed by atoms with Gasteiger partial charge in [-0.05, 0) is 38.1 Å². The standard InChI is InChI=1S/C22H23N5O3S/c1-14(2)23-19(28)12-27-18-10-6-4-8-16(18)25-22(27)31-13-21(30)26-11-20(29)24-15-7-3-5-9-17(15)26/h3-10,14H,11-13H2,1-2H3,(H,23,28)(H,24,29). The quantitative estimate of drug-likeness (QED) is 0.578. The highest BCUT2D eigenvalue weighted by Gasteiger charge is 2.27. The summed E-state index contributed by atoms with van der Waals surface area (Å²) < 4.78 is 1.82. The Kier molecular flexibility index (Phi) is 5.94. The van der Waals surface area contributed by atoms with Crippen molar-refractivity contribution in [3.05, 3.63) is 48.5 Å². The summed E-state index contributed by atoms with van der Waals surface area (Å²) in [7, 11) is 0. The van der Waals surface area contributed by atoms with Gasteiger partial charge in [-0.2, -0.15) is 0 Å². The predicted octanol–water partition coefficient (Wildman–Crippen LogP) is 2.64. The van der Waals surface area contributed by atoms with Gasteiger partial charge in [0.2, 0.25) is 17.7 Å². The van der Waals surface area contributed by atoms with Crippen molar-refractivity contribution in [2.75, 3.05) is 22.5 Å². The number of nitrogens with zero attached hydrogens (tertiary/aromatic N) is 3. The lowest BCUT2D eigenvalue weighted by Crippen LogP contribution is -2.43. The maximum Gasteiger partial charge on any atom is 0.244 e. The normalized spacial score (nSPS) is 13.3.